The molecule has 0 aromatic heterocycles. The van der Waals surface area contributed by atoms with Gasteiger partial charge in [-0.2, -0.15) is 0 Å². The van der Waals surface area contributed by atoms with E-state index in [4.69, 9.17) is 0 Å². The zero-order valence-electron chi connectivity index (χ0n) is 12.8. The normalized spacial score (nSPS) is 26.2. The summed E-state index contributed by atoms with van der Waals surface area (Å²) >= 11 is 0. The Morgan fingerprint density at radius 3 is 2.37 bits per heavy atom. The van der Waals surface area contributed by atoms with Crippen molar-refractivity contribution in [2.75, 3.05) is 32.7 Å². The van der Waals surface area contributed by atoms with Crippen LogP contribution in [0.4, 0.5) is 0 Å². The molecule has 1 unspecified atom stereocenters. The highest BCUT2D eigenvalue weighted by atomic mass is 16.3. The summed E-state index contributed by atoms with van der Waals surface area (Å²) in [5.41, 5.74) is 0.573. The molecule has 2 rings (SSSR count). The Bertz CT molecular complexity index is 298. The van der Waals surface area contributed by atoms with Crippen molar-refractivity contribution in [2.45, 2.75) is 46.3 Å². The molecule has 0 aromatic carbocycles. The maximum atomic E-state index is 10.1. The van der Waals surface area contributed by atoms with E-state index in [0.29, 0.717) is 11.3 Å². The second-order valence-corrected chi connectivity index (χ2v) is 6.76. The first-order chi connectivity index (χ1) is 9.06. The number of piperidine rings is 1. The molecular formula is C16H30N2O. The van der Waals surface area contributed by atoms with Crippen molar-refractivity contribution >= 4 is 0 Å². The Morgan fingerprint density at radius 1 is 1.21 bits per heavy atom. The van der Waals surface area contributed by atoms with Gasteiger partial charge in [0.25, 0.3) is 0 Å². The quantitative estimate of drug-likeness (QED) is 0.774. The smallest absolute Gasteiger partial charge is 0.109 e. The van der Waals surface area contributed by atoms with E-state index in [-0.39, 0.29) is 6.23 Å². The molecule has 0 bridgehead atoms. The average Bonchev–Trinajstić information content (AvgIpc) is 2.37. The minimum absolute atomic E-state index is 0.247. The minimum atomic E-state index is -0.247. The Balaban J connectivity index is 1.70. The summed E-state index contributed by atoms with van der Waals surface area (Å²) < 4.78 is 0. The van der Waals surface area contributed by atoms with Gasteiger partial charge < -0.3 is 10.0 Å². The van der Waals surface area contributed by atoms with Crippen LogP contribution in [0.2, 0.25) is 0 Å². The number of aliphatic hydroxyl groups is 1. The standard InChI is InChI=1S/C16H30N2O/c1-4-5-6-9-17-12-16(13-17)7-10-18(11-8-16)15(19)14(2)3/h4-5,14-15,19H,6-13H2,1-3H3/b5-4+. The van der Waals surface area contributed by atoms with Gasteiger partial charge in [0, 0.05) is 32.7 Å². The molecule has 19 heavy (non-hydrogen) atoms. The zero-order chi connectivity index (χ0) is 13.9. The predicted molar refractivity (Wildman–Crippen MR) is 80.0 cm³/mol. The number of hydrogen-bond donors (Lipinski definition) is 1. The molecule has 2 fully saturated rings. The largest absolute Gasteiger partial charge is 0.378 e. The van der Waals surface area contributed by atoms with Crippen LogP contribution in [-0.2, 0) is 0 Å². The molecule has 110 valence electrons. The predicted octanol–water partition coefficient (Wildman–Crippen LogP) is 2.32. The molecule has 1 N–H and O–H groups in total. The second-order valence-electron chi connectivity index (χ2n) is 6.76. The van der Waals surface area contributed by atoms with Gasteiger partial charge in [0.05, 0.1) is 0 Å². The molecule has 0 aliphatic carbocycles. The molecule has 1 atom stereocenters. The van der Waals surface area contributed by atoms with E-state index in [1.807, 2.05) is 0 Å². The molecule has 3 nitrogen and oxygen atoms in total. The summed E-state index contributed by atoms with van der Waals surface area (Å²) in [5.74, 6) is 0.341. The topological polar surface area (TPSA) is 26.7 Å². The van der Waals surface area contributed by atoms with Crippen LogP contribution in [0.25, 0.3) is 0 Å². The number of aliphatic hydroxyl groups excluding tert-OH is 1. The summed E-state index contributed by atoms with van der Waals surface area (Å²) in [6, 6.07) is 0. The van der Waals surface area contributed by atoms with E-state index < -0.39 is 0 Å². The first kappa shape index (κ1) is 15.0. The van der Waals surface area contributed by atoms with Gasteiger partial charge in [-0.25, -0.2) is 0 Å². The van der Waals surface area contributed by atoms with Gasteiger partial charge in [0.2, 0.25) is 0 Å². The first-order valence-corrected chi connectivity index (χ1v) is 7.82. The molecule has 1 spiro atoms. The van der Waals surface area contributed by atoms with E-state index in [0.717, 1.165) is 13.1 Å². The summed E-state index contributed by atoms with van der Waals surface area (Å²) in [6.07, 6.45) is 7.86. The van der Waals surface area contributed by atoms with E-state index >= 15 is 0 Å². The fourth-order valence-electron chi connectivity index (χ4n) is 3.49. The van der Waals surface area contributed by atoms with E-state index in [1.54, 1.807) is 0 Å². The summed E-state index contributed by atoms with van der Waals surface area (Å²) in [7, 11) is 0. The van der Waals surface area contributed by atoms with Crippen molar-refractivity contribution < 1.29 is 5.11 Å². The van der Waals surface area contributed by atoms with Crippen LogP contribution >= 0.6 is 0 Å². The zero-order valence-corrected chi connectivity index (χ0v) is 12.8. The van der Waals surface area contributed by atoms with Gasteiger partial charge in [-0.1, -0.05) is 26.0 Å². The highest BCUT2D eigenvalue weighted by Gasteiger charge is 2.44. The monoisotopic (exact) mass is 266 g/mol. The van der Waals surface area contributed by atoms with Gasteiger partial charge in [-0.05, 0) is 37.5 Å². The van der Waals surface area contributed by atoms with Crippen molar-refractivity contribution in [2.24, 2.45) is 11.3 Å². The highest BCUT2D eigenvalue weighted by molar-refractivity contribution is 4.99. The summed E-state index contributed by atoms with van der Waals surface area (Å²) in [4.78, 5) is 4.84. The lowest BCUT2D eigenvalue weighted by Gasteiger charge is -2.55. The lowest BCUT2D eigenvalue weighted by molar-refractivity contribution is -0.0978. The van der Waals surface area contributed by atoms with Crippen LogP contribution in [0.15, 0.2) is 12.2 Å². The molecule has 2 aliphatic heterocycles. The third kappa shape index (κ3) is 3.59. The molecule has 0 amide bonds. The van der Waals surface area contributed by atoms with Crippen molar-refractivity contribution in [3.8, 4) is 0 Å². The molecule has 0 saturated carbocycles. The molecule has 2 heterocycles. The van der Waals surface area contributed by atoms with Crippen LogP contribution < -0.4 is 0 Å². The van der Waals surface area contributed by atoms with E-state index in [1.165, 1.54) is 38.9 Å². The van der Waals surface area contributed by atoms with Crippen LogP contribution in [0.3, 0.4) is 0 Å². The van der Waals surface area contributed by atoms with Gasteiger partial charge in [0.15, 0.2) is 0 Å². The average molecular weight is 266 g/mol. The molecule has 2 aliphatic rings. The van der Waals surface area contributed by atoms with Crippen molar-refractivity contribution in [1.29, 1.82) is 0 Å². The molecule has 3 heteroatoms. The number of rotatable bonds is 5. The van der Waals surface area contributed by atoms with Gasteiger partial charge in [-0.15, -0.1) is 0 Å². The lowest BCUT2D eigenvalue weighted by Crippen LogP contribution is -2.61. The fraction of sp³-hybridized carbons (Fsp3) is 0.875. The maximum Gasteiger partial charge on any atom is 0.109 e. The molecule has 0 radical (unpaired) electrons. The highest BCUT2D eigenvalue weighted by Crippen LogP contribution is 2.40. The molecule has 0 aromatic rings. The summed E-state index contributed by atoms with van der Waals surface area (Å²) in [5, 5.41) is 10.1. The van der Waals surface area contributed by atoms with Crippen molar-refractivity contribution in [3.05, 3.63) is 12.2 Å². The van der Waals surface area contributed by atoms with E-state index in [2.05, 4.69) is 42.7 Å². The van der Waals surface area contributed by atoms with Crippen LogP contribution in [0.5, 0.6) is 0 Å². The Kier molecular flexibility index (Phi) is 5.04. The van der Waals surface area contributed by atoms with Crippen LogP contribution in [0, 0.1) is 11.3 Å². The van der Waals surface area contributed by atoms with Gasteiger partial charge in [-0.3, -0.25) is 4.90 Å². The summed E-state index contributed by atoms with van der Waals surface area (Å²) in [6.45, 7) is 12.2. The van der Waals surface area contributed by atoms with Gasteiger partial charge in [0.1, 0.15) is 6.23 Å². The number of likely N-dealkylation sites (tertiary alicyclic amines) is 2. The van der Waals surface area contributed by atoms with Crippen molar-refractivity contribution in [3.63, 3.8) is 0 Å². The number of nitrogens with zero attached hydrogens (tertiary/aromatic N) is 2. The van der Waals surface area contributed by atoms with E-state index in [9.17, 15) is 5.11 Å². The second kappa shape index (κ2) is 6.38. The van der Waals surface area contributed by atoms with Crippen molar-refractivity contribution in [1.82, 2.24) is 9.80 Å². The van der Waals surface area contributed by atoms with Gasteiger partial charge >= 0.3 is 0 Å². The number of allylic oxidation sites excluding steroid dienone is 1. The third-order valence-corrected chi connectivity index (χ3v) is 4.79. The van der Waals surface area contributed by atoms with Crippen LogP contribution in [0.1, 0.15) is 40.0 Å². The fourth-order valence-corrected chi connectivity index (χ4v) is 3.49. The maximum absolute atomic E-state index is 10.1. The lowest BCUT2D eigenvalue weighted by atomic mass is 9.72. The number of hydrogen-bond acceptors (Lipinski definition) is 3. The SMILES string of the molecule is C/C=C/CCN1CC2(CCN(C(O)C(C)C)CC2)C1. The Labute approximate surface area is 118 Å². The Hall–Kier alpha value is -0.380. The third-order valence-electron chi connectivity index (χ3n) is 4.79. The molecule has 2 saturated heterocycles. The first-order valence-electron chi connectivity index (χ1n) is 7.82. The van der Waals surface area contributed by atoms with Crippen LogP contribution in [-0.4, -0.2) is 53.9 Å². The molecular weight excluding hydrogens is 236 g/mol. The minimum Gasteiger partial charge on any atom is -0.378 e. The Morgan fingerprint density at radius 2 is 1.84 bits per heavy atom.